The number of carboxylic acid groups (broad SMARTS) is 1. The summed E-state index contributed by atoms with van der Waals surface area (Å²) in [5, 5.41) is 23.1. The van der Waals surface area contributed by atoms with E-state index in [1.54, 1.807) is 17.9 Å². The van der Waals surface area contributed by atoms with Crippen LogP contribution in [0.15, 0.2) is 6.20 Å². The minimum atomic E-state index is -1.76. The van der Waals surface area contributed by atoms with Crippen molar-refractivity contribution in [3.8, 4) is 0 Å². The summed E-state index contributed by atoms with van der Waals surface area (Å²) in [6.45, 7) is 7.33. The van der Waals surface area contributed by atoms with E-state index in [1.807, 2.05) is 20.8 Å². The Morgan fingerprint density at radius 3 is 2.35 bits per heavy atom. The zero-order valence-corrected chi connectivity index (χ0v) is 11.0. The van der Waals surface area contributed by atoms with Gasteiger partial charge in [0.15, 0.2) is 5.60 Å². The Kier molecular flexibility index (Phi) is 3.34. The van der Waals surface area contributed by atoms with E-state index in [1.165, 1.54) is 6.92 Å². The number of aliphatic hydroxyl groups is 1. The van der Waals surface area contributed by atoms with Crippen LogP contribution in [-0.4, -0.2) is 31.6 Å². The second kappa shape index (κ2) is 4.14. The first kappa shape index (κ1) is 13.7. The minimum Gasteiger partial charge on any atom is -0.479 e. The van der Waals surface area contributed by atoms with Gasteiger partial charge in [-0.2, -0.15) is 5.10 Å². The molecule has 1 rings (SSSR count). The minimum absolute atomic E-state index is 0.0583. The second-order valence-corrected chi connectivity index (χ2v) is 5.68. The Hall–Kier alpha value is -1.36. The number of carbonyl (C=O) groups is 1. The molecule has 0 bridgehead atoms. The third-order valence-corrected chi connectivity index (χ3v) is 2.61. The van der Waals surface area contributed by atoms with Crippen molar-refractivity contribution < 1.29 is 15.0 Å². The van der Waals surface area contributed by atoms with Crippen molar-refractivity contribution in [2.45, 2.75) is 45.1 Å². The van der Waals surface area contributed by atoms with E-state index in [0.29, 0.717) is 0 Å². The van der Waals surface area contributed by atoms with Gasteiger partial charge in [0.05, 0.1) is 5.69 Å². The van der Waals surface area contributed by atoms with E-state index in [2.05, 4.69) is 5.10 Å². The molecule has 0 aliphatic heterocycles. The highest BCUT2D eigenvalue weighted by atomic mass is 16.4. The molecule has 0 amide bonds. The maximum atomic E-state index is 10.9. The highest BCUT2D eigenvalue weighted by Gasteiger charge is 2.33. The predicted molar refractivity (Wildman–Crippen MR) is 63.9 cm³/mol. The molecule has 1 aromatic heterocycles. The van der Waals surface area contributed by atoms with Crippen molar-refractivity contribution in [2.75, 3.05) is 0 Å². The molecule has 0 aliphatic rings. The molecule has 2 N–H and O–H groups in total. The highest BCUT2D eigenvalue weighted by Crippen LogP contribution is 2.26. The van der Waals surface area contributed by atoms with Crippen LogP contribution >= 0.6 is 0 Å². The van der Waals surface area contributed by atoms with Gasteiger partial charge >= 0.3 is 5.97 Å². The molecule has 0 saturated carbocycles. The van der Waals surface area contributed by atoms with Crippen molar-refractivity contribution in [3.05, 3.63) is 17.5 Å². The summed E-state index contributed by atoms with van der Waals surface area (Å²) in [5.74, 6) is -1.22. The first-order chi connectivity index (χ1) is 7.54. The lowest BCUT2D eigenvalue weighted by Crippen LogP contribution is -2.37. The molecule has 0 radical (unpaired) electrons. The van der Waals surface area contributed by atoms with Gasteiger partial charge in [-0.3, -0.25) is 4.68 Å². The normalized spacial score (nSPS) is 15.6. The van der Waals surface area contributed by atoms with E-state index >= 15 is 0 Å². The van der Waals surface area contributed by atoms with E-state index in [9.17, 15) is 9.90 Å². The molecule has 1 aromatic rings. The number of hydrogen-bond acceptors (Lipinski definition) is 3. The Morgan fingerprint density at radius 1 is 1.41 bits per heavy atom. The van der Waals surface area contributed by atoms with Crippen LogP contribution < -0.4 is 0 Å². The third kappa shape index (κ3) is 3.06. The molecule has 96 valence electrons. The Labute approximate surface area is 101 Å². The smallest absolute Gasteiger partial charge is 0.335 e. The van der Waals surface area contributed by atoms with Crippen LogP contribution in [0.4, 0.5) is 0 Å². The maximum absolute atomic E-state index is 10.9. The van der Waals surface area contributed by atoms with Crippen LogP contribution in [0.2, 0.25) is 0 Å². The van der Waals surface area contributed by atoms with Gasteiger partial charge < -0.3 is 10.2 Å². The number of nitrogens with zero attached hydrogens (tertiary/aromatic N) is 2. The number of rotatable bonds is 3. The quantitative estimate of drug-likeness (QED) is 0.829. The number of aryl methyl sites for hydroxylation is 1. The van der Waals surface area contributed by atoms with Gasteiger partial charge in [0, 0.05) is 25.1 Å². The fraction of sp³-hybridized carbons (Fsp3) is 0.667. The highest BCUT2D eigenvalue weighted by molar-refractivity contribution is 5.77. The van der Waals surface area contributed by atoms with Gasteiger partial charge in [0.1, 0.15) is 0 Å². The fourth-order valence-corrected chi connectivity index (χ4v) is 1.74. The summed E-state index contributed by atoms with van der Waals surface area (Å²) < 4.78 is 1.65. The van der Waals surface area contributed by atoms with Crippen LogP contribution in [0, 0.1) is 0 Å². The molecule has 0 saturated heterocycles. The molecule has 1 heterocycles. The van der Waals surface area contributed by atoms with Gasteiger partial charge in [0.2, 0.25) is 0 Å². The van der Waals surface area contributed by atoms with Gasteiger partial charge in [-0.05, 0) is 12.5 Å². The van der Waals surface area contributed by atoms with Crippen LogP contribution in [0.1, 0.15) is 39.0 Å². The zero-order valence-electron chi connectivity index (χ0n) is 11.0. The van der Waals surface area contributed by atoms with Crippen LogP contribution in [0.5, 0.6) is 0 Å². The first-order valence-corrected chi connectivity index (χ1v) is 5.53. The number of carboxylic acids is 1. The van der Waals surface area contributed by atoms with Gasteiger partial charge in [0.25, 0.3) is 0 Å². The number of aliphatic carboxylic acids is 1. The summed E-state index contributed by atoms with van der Waals surface area (Å²) in [7, 11) is 1.79. The molecular weight excluding hydrogens is 220 g/mol. The third-order valence-electron chi connectivity index (χ3n) is 2.61. The number of aromatic nitrogens is 2. The van der Waals surface area contributed by atoms with E-state index in [-0.39, 0.29) is 11.8 Å². The molecule has 5 nitrogen and oxygen atoms in total. The van der Waals surface area contributed by atoms with Crippen LogP contribution in [0.25, 0.3) is 0 Å². The summed E-state index contributed by atoms with van der Waals surface area (Å²) in [6.07, 6.45) is 1.82. The average Bonchev–Trinajstić information content (AvgIpc) is 2.44. The largest absolute Gasteiger partial charge is 0.479 e. The summed E-state index contributed by atoms with van der Waals surface area (Å²) in [4.78, 5) is 10.9. The predicted octanol–water partition coefficient (Wildman–Crippen LogP) is 1.10. The summed E-state index contributed by atoms with van der Waals surface area (Å²) in [5.41, 5.74) is -0.345. The van der Waals surface area contributed by atoms with Gasteiger partial charge in [-0.15, -0.1) is 0 Å². The molecule has 1 unspecified atom stereocenters. The average molecular weight is 240 g/mol. The van der Waals surface area contributed by atoms with E-state index in [4.69, 9.17) is 5.11 Å². The molecule has 5 heteroatoms. The van der Waals surface area contributed by atoms with Crippen molar-refractivity contribution >= 4 is 5.97 Å². The first-order valence-electron chi connectivity index (χ1n) is 5.53. The van der Waals surface area contributed by atoms with Crippen molar-refractivity contribution in [1.82, 2.24) is 9.78 Å². The van der Waals surface area contributed by atoms with Crippen LogP contribution in [0.3, 0.4) is 0 Å². The fourth-order valence-electron chi connectivity index (χ4n) is 1.74. The second-order valence-electron chi connectivity index (χ2n) is 5.68. The Balaban J connectivity index is 3.12. The van der Waals surface area contributed by atoms with Gasteiger partial charge in [-0.25, -0.2) is 4.79 Å². The zero-order chi connectivity index (χ0) is 13.4. The lowest BCUT2D eigenvalue weighted by Gasteiger charge is -2.21. The molecule has 1 atom stereocenters. The molecule has 17 heavy (non-hydrogen) atoms. The summed E-state index contributed by atoms with van der Waals surface area (Å²) in [6, 6.07) is 0. The topological polar surface area (TPSA) is 75.4 Å². The maximum Gasteiger partial charge on any atom is 0.335 e. The van der Waals surface area contributed by atoms with Gasteiger partial charge in [-0.1, -0.05) is 20.8 Å². The number of hydrogen-bond donors (Lipinski definition) is 2. The lowest BCUT2D eigenvalue weighted by atomic mass is 9.86. The molecule has 0 aliphatic carbocycles. The standard InChI is InChI=1S/C12H20N2O3/c1-11(2,3)9-8(7-14(5)13-9)6-12(4,17)10(15)16/h7,17H,6H2,1-5H3,(H,15,16). The van der Waals surface area contributed by atoms with Crippen molar-refractivity contribution in [1.29, 1.82) is 0 Å². The van der Waals surface area contributed by atoms with Crippen molar-refractivity contribution in [2.24, 2.45) is 7.05 Å². The Morgan fingerprint density at radius 2 is 1.94 bits per heavy atom. The SMILES string of the molecule is Cn1cc(CC(C)(O)C(=O)O)c(C(C)(C)C)n1. The Bertz CT molecular complexity index is 427. The van der Waals surface area contributed by atoms with E-state index in [0.717, 1.165) is 11.3 Å². The molecular formula is C12H20N2O3. The van der Waals surface area contributed by atoms with Crippen molar-refractivity contribution in [3.63, 3.8) is 0 Å². The monoisotopic (exact) mass is 240 g/mol. The molecule has 0 aromatic carbocycles. The van der Waals surface area contributed by atoms with Crippen LogP contribution in [-0.2, 0) is 23.7 Å². The lowest BCUT2D eigenvalue weighted by molar-refractivity contribution is -0.156. The van der Waals surface area contributed by atoms with E-state index < -0.39 is 11.6 Å². The summed E-state index contributed by atoms with van der Waals surface area (Å²) >= 11 is 0. The molecule has 0 fully saturated rings. The molecule has 0 spiro atoms.